The lowest BCUT2D eigenvalue weighted by molar-refractivity contribution is -0.0287. The molecule has 2 unspecified atom stereocenters. The molecule has 1 aromatic rings. The molecule has 20 heavy (non-hydrogen) atoms. The first kappa shape index (κ1) is 17.6. The second kappa shape index (κ2) is 8.11. The fraction of sp³-hybridized carbons (Fsp3) is 0.625. The molecule has 0 saturated heterocycles. The summed E-state index contributed by atoms with van der Waals surface area (Å²) >= 11 is 3.50. The Morgan fingerprint density at radius 3 is 2.65 bits per heavy atom. The van der Waals surface area contributed by atoms with E-state index in [-0.39, 0.29) is 17.5 Å². The molecular weight excluding hydrogens is 321 g/mol. The highest BCUT2D eigenvalue weighted by atomic mass is 79.9. The van der Waals surface area contributed by atoms with E-state index < -0.39 is 0 Å². The van der Waals surface area contributed by atoms with Crippen molar-refractivity contribution in [2.45, 2.75) is 51.7 Å². The maximum absolute atomic E-state index is 13.4. The molecule has 2 nitrogen and oxygen atoms in total. The minimum Gasteiger partial charge on any atom is -0.377 e. The number of hydrogen-bond acceptors (Lipinski definition) is 2. The first-order valence-corrected chi connectivity index (χ1v) is 7.98. The van der Waals surface area contributed by atoms with E-state index in [0.717, 1.165) is 35.8 Å². The summed E-state index contributed by atoms with van der Waals surface area (Å²) in [5, 5.41) is 3.54. The lowest BCUT2D eigenvalue weighted by atomic mass is 9.88. The van der Waals surface area contributed by atoms with Crippen LogP contribution in [-0.2, 0) is 11.2 Å². The monoisotopic (exact) mass is 345 g/mol. The molecule has 0 aromatic heterocycles. The van der Waals surface area contributed by atoms with E-state index in [0.29, 0.717) is 0 Å². The van der Waals surface area contributed by atoms with Gasteiger partial charge in [0.05, 0.1) is 5.60 Å². The van der Waals surface area contributed by atoms with Crippen LogP contribution in [-0.4, -0.2) is 25.3 Å². The Balaban J connectivity index is 2.96. The van der Waals surface area contributed by atoms with E-state index in [2.05, 4.69) is 42.0 Å². The van der Waals surface area contributed by atoms with Crippen LogP contribution in [0.3, 0.4) is 0 Å². The fourth-order valence-corrected chi connectivity index (χ4v) is 2.68. The second-order valence-electron chi connectivity index (χ2n) is 5.32. The molecular formula is C16H25BrFNO. The number of benzene rings is 1. The standard InChI is InChI=1S/C16H25BrFNO/c1-5-9-19-15(16(3,6-2)20-4)11-12-10-13(18)7-8-14(12)17/h7-8,10,15,19H,5-6,9,11H2,1-4H3. The van der Waals surface area contributed by atoms with Gasteiger partial charge in [0.2, 0.25) is 0 Å². The molecule has 1 aromatic carbocycles. The molecule has 0 aliphatic heterocycles. The summed E-state index contributed by atoms with van der Waals surface area (Å²) < 4.78 is 20.1. The molecule has 0 fully saturated rings. The molecule has 0 heterocycles. The zero-order chi connectivity index (χ0) is 15.2. The highest BCUT2D eigenvalue weighted by Gasteiger charge is 2.32. The number of nitrogens with one attached hydrogen (secondary N) is 1. The molecule has 0 spiro atoms. The predicted octanol–water partition coefficient (Wildman–Crippen LogP) is 4.31. The van der Waals surface area contributed by atoms with Gasteiger partial charge in [0.25, 0.3) is 0 Å². The van der Waals surface area contributed by atoms with Crippen molar-refractivity contribution in [2.24, 2.45) is 0 Å². The smallest absolute Gasteiger partial charge is 0.123 e. The van der Waals surface area contributed by atoms with Crippen LogP contribution in [0.4, 0.5) is 4.39 Å². The van der Waals surface area contributed by atoms with Gasteiger partial charge in [0.15, 0.2) is 0 Å². The van der Waals surface area contributed by atoms with Crippen molar-refractivity contribution in [1.29, 1.82) is 0 Å². The predicted molar refractivity (Wildman–Crippen MR) is 85.6 cm³/mol. The third-order valence-corrected chi connectivity index (χ3v) is 4.75. The first-order valence-electron chi connectivity index (χ1n) is 7.19. The van der Waals surface area contributed by atoms with E-state index >= 15 is 0 Å². The van der Waals surface area contributed by atoms with Crippen molar-refractivity contribution < 1.29 is 9.13 Å². The van der Waals surface area contributed by atoms with Crippen LogP contribution in [0.5, 0.6) is 0 Å². The molecule has 0 aliphatic carbocycles. The lowest BCUT2D eigenvalue weighted by Crippen LogP contribution is -2.51. The lowest BCUT2D eigenvalue weighted by Gasteiger charge is -2.37. The number of rotatable bonds is 8. The molecule has 1 rings (SSSR count). The molecule has 114 valence electrons. The van der Waals surface area contributed by atoms with Gasteiger partial charge in [-0.25, -0.2) is 4.39 Å². The van der Waals surface area contributed by atoms with Gasteiger partial charge in [0, 0.05) is 17.6 Å². The summed E-state index contributed by atoms with van der Waals surface area (Å²) in [4.78, 5) is 0. The maximum Gasteiger partial charge on any atom is 0.123 e. The Morgan fingerprint density at radius 2 is 2.10 bits per heavy atom. The first-order chi connectivity index (χ1) is 9.46. The van der Waals surface area contributed by atoms with Crippen molar-refractivity contribution in [3.8, 4) is 0 Å². The molecule has 0 bridgehead atoms. The van der Waals surface area contributed by atoms with E-state index in [1.54, 1.807) is 19.2 Å². The fourth-order valence-electron chi connectivity index (χ4n) is 2.28. The van der Waals surface area contributed by atoms with E-state index in [9.17, 15) is 4.39 Å². The van der Waals surface area contributed by atoms with E-state index in [1.165, 1.54) is 6.07 Å². The largest absolute Gasteiger partial charge is 0.377 e. The number of methoxy groups -OCH3 is 1. The van der Waals surface area contributed by atoms with Gasteiger partial charge < -0.3 is 10.1 Å². The van der Waals surface area contributed by atoms with Crippen LogP contribution in [0.25, 0.3) is 0 Å². The summed E-state index contributed by atoms with van der Waals surface area (Å²) in [5.74, 6) is -0.201. The molecule has 1 N–H and O–H groups in total. The quantitative estimate of drug-likeness (QED) is 0.757. The molecule has 0 saturated carbocycles. The zero-order valence-electron chi connectivity index (χ0n) is 12.8. The van der Waals surface area contributed by atoms with Crippen LogP contribution in [0.2, 0.25) is 0 Å². The number of hydrogen-bond donors (Lipinski definition) is 1. The minimum absolute atomic E-state index is 0.149. The third-order valence-electron chi connectivity index (χ3n) is 3.98. The van der Waals surface area contributed by atoms with Gasteiger partial charge in [0.1, 0.15) is 5.82 Å². The minimum atomic E-state index is -0.263. The molecule has 0 aliphatic rings. The highest BCUT2D eigenvalue weighted by Crippen LogP contribution is 2.26. The Morgan fingerprint density at radius 1 is 1.40 bits per heavy atom. The number of halogens is 2. The Labute approximate surface area is 130 Å². The highest BCUT2D eigenvalue weighted by molar-refractivity contribution is 9.10. The van der Waals surface area contributed by atoms with Crippen LogP contribution >= 0.6 is 15.9 Å². The van der Waals surface area contributed by atoms with Crippen LogP contribution < -0.4 is 5.32 Å². The molecule has 2 atom stereocenters. The summed E-state index contributed by atoms with van der Waals surface area (Å²) in [6.45, 7) is 7.28. The van der Waals surface area contributed by atoms with Gasteiger partial charge in [-0.3, -0.25) is 0 Å². The van der Waals surface area contributed by atoms with Gasteiger partial charge in [-0.1, -0.05) is 29.8 Å². The third kappa shape index (κ3) is 4.54. The average Bonchev–Trinajstić information content (AvgIpc) is 2.46. The van der Waals surface area contributed by atoms with Crippen molar-refractivity contribution in [1.82, 2.24) is 5.32 Å². The van der Waals surface area contributed by atoms with Gasteiger partial charge >= 0.3 is 0 Å². The topological polar surface area (TPSA) is 21.3 Å². The Kier molecular flexibility index (Phi) is 7.13. The van der Waals surface area contributed by atoms with Crippen LogP contribution in [0, 0.1) is 5.82 Å². The average molecular weight is 346 g/mol. The Bertz CT molecular complexity index is 421. The van der Waals surface area contributed by atoms with Crippen molar-refractivity contribution in [3.63, 3.8) is 0 Å². The summed E-state index contributed by atoms with van der Waals surface area (Å²) in [7, 11) is 1.74. The van der Waals surface area contributed by atoms with Crippen molar-refractivity contribution >= 4 is 15.9 Å². The van der Waals surface area contributed by atoms with Gasteiger partial charge in [-0.05, 0) is 56.5 Å². The molecule has 0 radical (unpaired) electrons. The Hall–Kier alpha value is -0.450. The molecule has 4 heteroatoms. The van der Waals surface area contributed by atoms with Gasteiger partial charge in [-0.2, -0.15) is 0 Å². The SMILES string of the molecule is CCCNC(Cc1cc(F)ccc1Br)C(C)(CC)OC. The zero-order valence-corrected chi connectivity index (χ0v) is 14.4. The van der Waals surface area contributed by atoms with Crippen molar-refractivity contribution in [2.75, 3.05) is 13.7 Å². The second-order valence-corrected chi connectivity index (χ2v) is 6.17. The maximum atomic E-state index is 13.4. The van der Waals surface area contributed by atoms with Gasteiger partial charge in [-0.15, -0.1) is 0 Å². The van der Waals surface area contributed by atoms with E-state index in [1.807, 2.05) is 0 Å². The van der Waals surface area contributed by atoms with E-state index in [4.69, 9.17) is 4.74 Å². The molecule has 0 amide bonds. The van der Waals surface area contributed by atoms with Crippen LogP contribution in [0.15, 0.2) is 22.7 Å². The van der Waals surface area contributed by atoms with Crippen molar-refractivity contribution in [3.05, 3.63) is 34.1 Å². The summed E-state index contributed by atoms with van der Waals surface area (Å²) in [6.07, 6.45) is 2.69. The summed E-state index contributed by atoms with van der Waals surface area (Å²) in [5.41, 5.74) is 0.705. The normalized spacial score (nSPS) is 15.9. The number of ether oxygens (including phenoxy) is 1. The summed E-state index contributed by atoms with van der Waals surface area (Å²) in [6, 6.07) is 4.97. The van der Waals surface area contributed by atoms with Crippen LogP contribution in [0.1, 0.15) is 39.2 Å².